The van der Waals surface area contributed by atoms with Crippen molar-refractivity contribution in [2.75, 3.05) is 30.2 Å². The van der Waals surface area contributed by atoms with Crippen molar-refractivity contribution in [3.05, 3.63) is 76.8 Å². The van der Waals surface area contributed by atoms with Gasteiger partial charge in [0.1, 0.15) is 11.5 Å². The van der Waals surface area contributed by atoms with Gasteiger partial charge in [0.05, 0.1) is 24.9 Å². The third-order valence-corrected chi connectivity index (χ3v) is 4.81. The average Bonchev–Trinajstić information content (AvgIpc) is 2.75. The minimum absolute atomic E-state index is 0.194. The second-order valence-corrected chi connectivity index (χ2v) is 7.02. The fraction of sp³-hybridized carbons (Fsp3) is 0.130. The van der Waals surface area contributed by atoms with Crippen LogP contribution in [0.2, 0.25) is 5.02 Å². The molecule has 0 aliphatic heterocycles. The molecule has 3 rings (SSSR count). The smallest absolute Gasteiger partial charge is 0.323 e. The fourth-order valence-corrected chi connectivity index (χ4v) is 3.15. The Morgan fingerprint density at radius 3 is 2.03 bits per heavy atom. The molecule has 3 N–H and O–H groups in total. The summed E-state index contributed by atoms with van der Waals surface area (Å²) in [5.74, 6) is 0.651. The molecule has 3 amide bonds. The molecule has 0 aliphatic rings. The highest BCUT2D eigenvalue weighted by Gasteiger charge is 2.13. The quantitative estimate of drug-likeness (QED) is 0.469. The summed E-state index contributed by atoms with van der Waals surface area (Å²) in [6.45, 7) is 1.88. The molecule has 7 nitrogen and oxygen atoms in total. The Balaban J connectivity index is 1.63. The summed E-state index contributed by atoms with van der Waals surface area (Å²) < 4.78 is 10.4. The molecule has 0 aromatic heterocycles. The Morgan fingerprint density at radius 1 is 0.806 bits per heavy atom. The summed E-state index contributed by atoms with van der Waals surface area (Å²) in [6, 6.07) is 16.8. The Morgan fingerprint density at radius 2 is 1.42 bits per heavy atom. The predicted molar refractivity (Wildman–Crippen MR) is 123 cm³/mol. The van der Waals surface area contributed by atoms with Crippen molar-refractivity contribution >= 4 is 40.6 Å². The van der Waals surface area contributed by atoms with Gasteiger partial charge in [-0.05, 0) is 48.9 Å². The molecule has 0 spiro atoms. The van der Waals surface area contributed by atoms with Gasteiger partial charge in [-0.1, -0.05) is 29.8 Å². The lowest BCUT2D eigenvalue weighted by molar-refractivity contribution is 0.102. The van der Waals surface area contributed by atoms with E-state index in [0.29, 0.717) is 39.1 Å². The van der Waals surface area contributed by atoms with E-state index in [4.69, 9.17) is 21.1 Å². The van der Waals surface area contributed by atoms with E-state index in [-0.39, 0.29) is 5.91 Å². The Labute approximate surface area is 185 Å². The van der Waals surface area contributed by atoms with Crippen LogP contribution in [0.1, 0.15) is 15.9 Å². The molecule has 0 aliphatic carbocycles. The summed E-state index contributed by atoms with van der Waals surface area (Å²) in [4.78, 5) is 24.8. The third kappa shape index (κ3) is 5.46. The number of anilines is 3. The van der Waals surface area contributed by atoms with Crippen LogP contribution < -0.4 is 25.4 Å². The van der Waals surface area contributed by atoms with Crippen LogP contribution in [-0.4, -0.2) is 26.2 Å². The number of methoxy groups -OCH3 is 2. The van der Waals surface area contributed by atoms with Crippen molar-refractivity contribution in [1.29, 1.82) is 0 Å². The Hall–Kier alpha value is -3.71. The molecule has 3 aromatic rings. The number of halogens is 1. The van der Waals surface area contributed by atoms with Crippen LogP contribution in [0.5, 0.6) is 11.5 Å². The maximum Gasteiger partial charge on any atom is 0.323 e. The third-order valence-electron chi connectivity index (χ3n) is 4.51. The molecule has 8 heteroatoms. The zero-order valence-corrected chi connectivity index (χ0v) is 18.0. The van der Waals surface area contributed by atoms with Gasteiger partial charge in [-0.2, -0.15) is 0 Å². The van der Waals surface area contributed by atoms with E-state index in [0.717, 1.165) is 5.56 Å². The number of hydrogen-bond acceptors (Lipinski definition) is 4. The predicted octanol–water partition coefficient (Wildman–Crippen LogP) is 5.56. The lowest BCUT2D eigenvalue weighted by Gasteiger charge is -2.14. The second-order valence-electron chi connectivity index (χ2n) is 6.61. The zero-order chi connectivity index (χ0) is 22.4. The van der Waals surface area contributed by atoms with Gasteiger partial charge in [-0.25, -0.2) is 4.79 Å². The normalized spacial score (nSPS) is 10.2. The number of amides is 3. The number of carbonyl (C=O) groups is 2. The topological polar surface area (TPSA) is 88.7 Å². The van der Waals surface area contributed by atoms with E-state index >= 15 is 0 Å². The van der Waals surface area contributed by atoms with Gasteiger partial charge in [0.15, 0.2) is 0 Å². The molecule has 0 saturated carbocycles. The molecule has 0 unspecified atom stereocenters. The van der Waals surface area contributed by atoms with E-state index in [1.165, 1.54) is 14.2 Å². The first kappa shape index (κ1) is 22.0. The van der Waals surface area contributed by atoms with Crippen LogP contribution >= 0.6 is 11.6 Å². The van der Waals surface area contributed by atoms with Crippen LogP contribution in [0.25, 0.3) is 0 Å². The van der Waals surface area contributed by atoms with Gasteiger partial charge >= 0.3 is 6.03 Å². The largest absolute Gasteiger partial charge is 0.495 e. The van der Waals surface area contributed by atoms with Crippen LogP contribution in [0.15, 0.2) is 60.7 Å². The number of urea groups is 1. The van der Waals surface area contributed by atoms with Crippen molar-refractivity contribution in [3.63, 3.8) is 0 Å². The van der Waals surface area contributed by atoms with Crippen molar-refractivity contribution < 1.29 is 19.1 Å². The average molecular weight is 440 g/mol. The van der Waals surface area contributed by atoms with Gasteiger partial charge in [0.25, 0.3) is 5.91 Å². The minimum Gasteiger partial charge on any atom is -0.495 e. The molecule has 0 heterocycles. The van der Waals surface area contributed by atoms with Crippen LogP contribution in [0.4, 0.5) is 21.9 Å². The Bertz CT molecular complexity index is 1100. The fourth-order valence-electron chi connectivity index (χ4n) is 2.91. The lowest BCUT2D eigenvalue weighted by atomic mass is 10.1. The highest BCUT2D eigenvalue weighted by molar-refractivity contribution is 6.32. The summed E-state index contributed by atoms with van der Waals surface area (Å²) in [5.41, 5.74) is 3.06. The number of rotatable bonds is 6. The van der Waals surface area contributed by atoms with Crippen LogP contribution in [0.3, 0.4) is 0 Å². The number of ether oxygens (including phenoxy) is 2. The molecule has 31 heavy (non-hydrogen) atoms. The first-order valence-electron chi connectivity index (χ1n) is 9.38. The molecule has 0 bridgehead atoms. The van der Waals surface area contributed by atoms with E-state index in [9.17, 15) is 9.59 Å². The maximum absolute atomic E-state index is 12.4. The SMILES string of the molecule is COc1cc(OC)c(NC(=O)Nc2ccc(NC(=O)c3ccccc3C)cc2)cc1Cl. The zero-order valence-electron chi connectivity index (χ0n) is 17.3. The number of benzene rings is 3. The van der Waals surface area contributed by atoms with E-state index < -0.39 is 6.03 Å². The molecule has 3 aromatic carbocycles. The molecule has 0 fully saturated rings. The standard InChI is InChI=1S/C23H22ClN3O4/c1-14-6-4-5-7-17(14)22(28)25-15-8-10-16(11-9-15)26-23(29)27-19-12-18(24)20(30-2)13-21(19)31-3/h4-13H,1-3H3,(H,25,28)(H2,26,27,29). The van der Waals surface area contributed by atoms with Crippen LogP contribution in [-0.2, 0) is 0 Å². The number of carbonyl (C=O) groups excluding carboxylic acids is 2. The van der Waals surface area contributed by atoms with E-state index in [2.05, 4.69) is 16.0 Å². The monoisotopic (exact) mass is 439 g/mol. The first-order chi connectivity index (χ1) is 14.9. The van der Waals surface area contributed by atoms with Gasteiger partial charge in [0.2, 0.25) is 0 Å². The summed E-state index contributed by atoms with van der Waals surface area (Å²) in [6.07, 6.45) is 0. The van der Waals surface area contributed by atoms with Gasteiger partial charge in [-0.15, -0.1) is 0 Å². The first-order valence-corrected chi connectivity index (χ1v) is 9.75. The van der Waals surface area contributed by atoms with E-state index in [1.54, 1.807) is 42.5 Å². The Kier molecular flexibility index (Phi) is 6.99. The molecule has 0 atom stereocenters. The van der Waals surface area contributed by atoms with Gasteiger partial charge in [0, 0.05) is 23.0 Å². The summed E-state index contributed by atoms with van der Waals surface area (Å²) in [5, 5.41) is 8.59. The highest BCUT2D eigenvalue weighted by Crippen LogP contribution is 2.35. The van der Waals surface area contributed by atoms with Crippen molar-refractivity contribution in [3.8, 4) is 11.5 Å². The van der Waals surface area contributed by atoms with Gasteiger partial charge < -0.3 is 25.4 Å². The maximum atomic E-state index is 12.4. The number of hydrogen-bond donors (Lipinski definition) is 3. The van der Waals surface area contributed by atoms with Crippen LogP contribution in [0, 0.1) is 6.92 Å². The molecular formula is C23H22ClN3O4. The van der Waals surface area contributed by atoms with E-state index in [1.807, 2.05) is 25.1 Å². The molecular weight excluding hydrogens is 418 g/mol. The van der Waals surface area contributed by atoms with Crippen molar-refractivity contribution in [2.45, 2.75) is 6.92 Å². The van der Waals surface area contributed by atoms with Gasteiger partial charge in [-0.3, -0.25) is 4.79 Å². The second kappa shape index (κ2) is 9.86. The molecule has 160 valence electrons. The molecule has 0 saturated heterocycles. The lowest BCUT2D eigenvalue weighted by Crippen LogP contribution is -2.20. The molecule has 0 radical (unpaired) electrons. The minimum atomic E-state index is -0.476. The highest BCUT2D eigenvalue weighted by atomic mass is 35.5. The van der Waals surface area contributed by atoms with Crippen molar-refractivity contribution in [1.82, 2.24) is 0 Å². The number of nitrogens with one attached hydrogen (secondary N) is 3. The number of aryl methyl sites for hydroxylation is 1. The summed E-state index contributed by atoms with van der Waals surface area (Å²) >= 11 is 6.13. The van der Waals surface area contributed by atoms with Crippen molar-refractivity contribution in [2.24, 2.45) is 0 Å². The summed E-state index contributed by atoms with van der Waals surface area (Å²) in [7, 11) is 2.98.